The van der Waals surface area contributed by atoms with E-state index >= 15 is 0 Å². The highest BCUT2D eigenvalue weighted by Crippen LogP contribution is 2.27. The lowest BCUT2D eigenvalue weighted by Gasteiger charge is -2.43. The number of carbonyl (C=O) groups is 1. The Hall–Kier alpha value is -1.30. The van der Waals surface area contributed by atoms with Crippen molar-refractivity contribution in [2.24, 2.45) is 5.92 Å². The predicted octanol–water partition coefficient (Wildman–Crippen LogP) is 4.24. The summed E-state index contributed by atoms with van der Waals surface area (Å²) in [4.78, 5) is 17.5. The SMILES string of the molecule is CC[C@H](C)CN1CCO[C@@](COc2ccc(Cl)cc2)(CC(=O)N2CCCCC2)C1. The van der Waals surface area contributed by atoms with Crippen LogP contribution in [0.4, 0.5) is 0 Å². The Bertz CT molecular complexity index is 648. The molecule has 5 nitrogen and oxygen atoms in total. The molecule has 3 rings (SSSR count). The maximum Gasteiger partial charge on any atom is 0.225 e. The third-order valence-corrected chi connectivity index (χ3v) is 6.34. The Morgan fingerprint density at radius 2 is 1.93 bits per heavy atom. The molecule has 0 radical (unpaired) electrons. The number of ether oxygens (including phenoxy) is 2. The van der Waals surface area contributed by atoms with Gasteiger partial charge in [-0.1, -0.05) is 31.9 Å². The maximum absolute atomic E-state index is 13.1. The summed E-state index contributed by atoms with van der Waals surface area (Å²) in [6.07, 6.45) is 4.94. The molecule has 0 aliphatic carbocycles. The van der Waals surface area contributed by atoms with Crippen LogP contribution < -0.4 is 4.74 Å². The molecule has 0 spiro atoms. The number of likely N-dealkylation sites (tertiary alicyclic amines) is 1. The minimum atomic E-state index is -0.611. The van der Waals surface area contributed by atoms with Crippen molar-refractivity contribution >= 4 is 17.5 Å². The van der Waals surface area contributed by atoms with Gasteiger partial charge in [-0.2, -0.15) is 0 Å². The lowest BCUT2D eigenvalue weighted by molar-refractivity contribution is -0.157. The first-order valence-corrected chi connectivity index (χ1v) is 11.4. The number of amides is 1. The van der Waals surface area contributed by atoms with Crippen LogP contribution in [0.1, 0.15) is 46.0 Å². The van der Waals surface area contributed by atoms with Crippen LogP contribution in [-0.2, 0) is 9.53 Å². The molecule has 2 atom stereocenters. The van der Waals surface area contributed by atoms with Gasteiger partial charge in [-0.05, 0) is 49.4 Å². The molecule has 0 bridgehead atoms. The highest BCUT2D eigenvalue weighted by Gasteiger charge is 2.41. The summed E-state index contributed by atoms with van der Waals surface area (Å²) in [6.45, 7) is 9.89. The van der Waals surface area contributed by atoms with Crippen molar-refractivity contribution < 1.29 is 14.3 Å². The van der Waals surface area contributed by atoms with Crippen LogP contribution in [0.15, 0.2) is 24.3 Å². The zero-order valence-electron chi connectivity index (χ0n) is 17.9. The summed E-state index contributed by atoms with van der Waals surface area (Å²) < 4.78 is 12.4. The Labute approximate surface area is 180 Å². The lowest BCUT2D eigenvalue weighted by Crippen LogP contribution is -2.57. The van der Waals surface area contributed by atoms with E-state index < -0.39 is 5.60 Å². The van der Waals surface area contributed by atoms with Crippen molar-refractivity contribution in [2.75, 3.05) is 45.9 Å². The van der Waals surface area contributed by atoms with Crippen LogP contribution in [0.2, 0.25) is 5.02 Å². The van der Waals surface area contributed by atoms with Crippen LogP contribution in [0.3, 0.4) is 0 Å². The second-order valence-electron chi connectivity index (χ2n) is 8.64. The van der Waals surface area contributed by atoms with Gasteiger partial charge in [0.1, 0.15) is 18.0 Å². The molecule has 1 aromatic rings. The smallest absolute Gasteiger partial charge is 0.225 e. The molecular weight excluding hydrogens is 388 g/mol. The molecule has 2 fully saturated rings. The first-order chi connectivity index (χ1) is 14.0. The van der Waals surface area contributed by atoms with E-state index in [0.29, 0.717) is 30.6 Å². The van der Waals surface area contributed by atoms with Crippen molar-refractivity contribution in [1.29, 1.82) is 0 Å². The van der Waals surface area contributed by atoms with Crippen LogP contribution in [-0.4, -0.2) is 67.2 Å². The molecule has 2 saturated heterocycles. The van der Waals surface area contributed by atoms with Gasteiger partial charge in [0.25, 0.3) is 0 Å². The Balaban J connectivity index is 1.70. The van der Waals surface area contributed by atoms with Gasteiger partial charge in [-0.25, -0.2) is 0 Å². The molecule has 2 aliphatic heterocycles. The summed E-state index contributed by atoms with van der Waals surface area (Å²) in [6, 6.07) is 7.36. The van der Waals surface area contributed by atoms with E-state index in [1.807, 2.05) is 29.2 Å². The molecule has 2 heterocycles. The second kappa shape index (κ2) is 10.6. The lowest BCUT2D eigenvalue weighted by atomic mass is 9.95. The molecule has 1 aromatic carbocycles. The van der Waals surface area contributed by atoms with E-state index in [9.17, 15) is 4.79 Å². The first-order valence-electron chi connectivity index (χ1n) is 11.0. The van der Waals surface area contributed by atoms with Gasteiger partial charge in [0.15, 0.2) is 0 Å². The standard InChI is InChI=1S/C23H35ClN2O3/c1-3-19(2)16-25-13-14-29-23(17-25,15-22(27)26-11-5-4-6-12-26)18-28-21-9-7-20(24)8-10-21/h7-10,19H,3-6,11-18H2,1-2H3/t19-,23-/m0/s1. The zero-order valence-corrected chi connectivity index (χ0v) is 18.6. The third kappa shape index (κ3) is 6.59. The average molecular weight is 423 g/mol. The molecular formula is C23H35ClN2O3. The summed E-state index contributed by atoms with van der Waals surface area (Å²) >= 11 is 5.99. The second-order valence-corrected chi connectivity index (χ2v) is 9.08. The number of halogens is 1. The molecule has 0 saturated carbocycles. The fraction of sp³-hybridized carbons (Fsp3) is 0.696. The average Bonchev–Trinajstić information content (AvgIpc) is 2.74. The fourth-order valence-electron chi connectivity index (χ4n) is 4.17. The van der Waals surface area contributed by atoms with E-state index in [0.717, 1.165) is 57.7 Å². The summed E-state index contributed by atoms with van der Waals surface area (Å²) in [5.41, 5.74) is -0.611. The van der Waals surface area contributed by atoms with Crippen molar-refractivity contribution in [3.8, 4) is 5.75 Å². The van der Waals surface area contributed by atoms with Gasteiger partial charge in [0.05, 0.1) is 13.0 Å². The molecule has 0 N–H and O–H groups in total. The minimum Gasteiger partial charge on any atom is -0.491 e. The predicted molar refractivity (Wildman–Crippen MR) is 117 cm³/mol. The van der Waals surface area contributed by atoms with Gasteiger partial charge < -0.3 is 14.4 Å². The molecule has 162 valence electrons. The number of rotatable bonds is 8. The van der Waals surface area contributed by atoms with Crippen molar-refractivity contribution in [3.05, 3.63) is 29.3 Å². The normalized spacial score (nSPS) is 24.3. The van der Waals surface area contributed by atoms with E-state index in [1.165, 1.54) is 6.42 Å². The highest BCUT2D eigenvalue weighted by molar-refractivity contribution is 6.30. The van der Waals surface area contributed by atoms with Gasteiger partial charge in [-0.15, -0.1) is 0 Å². The van der Waals surface area contributed by atoms with Crippen LogP contribution >= 0.6 is 11.6 Å². The van der Waals surface area contributed by atoms with Crippen LogP contribution in [0.5, 0.6) is 5.75 Å². The van der Waals surface area contributed by atoms with E-state index in [4.69, 9.17) is 21.1 Å². The van der Waals surface area contributed by atoms with E-state index in [2.05, 4.69) is 18.7 Å². The Morgan fingerprint density at radius 1 is 1.21 bits per heavy atom. The molecule has 0 unspecified atom stereocenters. The van der Waals surface area contributed by atoms with Crippen molar-refractivity contribution in [2.45, 2.75) is 51.6 Å². The fourth-order valence-corrected chi connectivity index (χ4v) is 4.30. The Kier molecular flexibility index (Phi) is 8.22. The Morgan fingerprint density at radius 3 is 2.62 bits per heavy atom. The van der Waals surface area contributed by atoms with Gasteiger partial charge in [-0.3, -0.25) is 9.69 Å². The van der Waals surface area contributed by atoms with Gasteiger partial charge >= 0.3 is 0 Å². The number of benzene rings is 1. The molecule has 29 heavy (non-hydrogen) atoms. The molecule has 1 amide bonds. The topological polar surface area (TPSA) is 42.0 Å². The highest BCUT2D eigenvalue weighted by atomic mass is 35.5. The molecule has 0 aromatic heterocycles. The third-order valence-electron chi connectivity index (χ3n) is 6.09. The summed E-state index contributed by atoms with van der Waals surface area (Å²) in [7, 11) is 0. The van der Waals surface area contributed by atoms with E-state index in [-0.39, 0.29) is 5.91 Å². The number of morpholine rings is 1. The van der Waals surface area contributed by atoms with Crippen LogP contribution in [0, 0.1) is 5.92 Å². The van der Waals surface area contributed by atoms with Crippen LogP contribution in [0.25, 0.3) is 0 Å². The first kappa shape index (κ1) is 22.4. The molecule has 6 heteroatoms. The number of carbonyl (C=O) groups excluding carboxylic acids is 1. The van der Waals surface area contributed by atoms with E-state index in [1.54, 1.807) is 0 Å². The number of hydrogen-bond donors (Lipinski definition) is 0. The van der Waals surface area contributed by atoms with Crippen molar-refractivity contribution in [3.63, 3.8) is 0 Å². The van der Waals surface area contributed by atoms with Gasteiger partial charge in [0, 0.05) is 37.7 Å². The zero-order chi connectivity index (χ0) is 20.7. The minimum absolute atomic E-state index is 0.190. The maximum atomic E-state index is 13.1. The number of hydrogen-bond acceptors (Lipinski definition) is 4. The molecule has 2 aliphatic rings. The largest absolute Gasteiger partial charge is 0.491 e. The summed E-state index contributed by atoms with van der Waals surface area (Å²) in [5.74, 6) is 1.57. The quantitative estimate of drug-likeness (QED) is 0.628. The monoisotopic (exact) mass is 422 g/mol. The number of nitrogens with zero attached hydrogens (tertiary/aromatic N) is 2. The number of piperidine rings is 1. The summed E-state index contributed by atoms with van der Waals surface area (Å²) in [5, 5.41) is 0.681. The van der Waals surface area contributed by atoms with Crippen molar-refractivity contribution in [1.82, 2.24) is 9.80 Å². The van der Waals surface area contributed by atoms with Gasteiger partial charge in [0.2, 0.25) is 5.91 Å².